The van der Waals surface area contributed by atoms with E-state index in [2.05, 4.69) is 36.1 Å². The molecule has 0 N–H and O–H groups in total. The van der Waals surface area contributed by atoms with E-state index < -0.39 is 0 Å². The third kappa shape index (κ3) is 4.93. The largest absolute Gasteiger partial charge is 0.343 e. The summed E-state index contributed by atoms with van der Waals surface area (Å²) >= 11 is 14.2. The Morgan fingerprint density at radius 2 is 1.96 bits per heavy atom. The highest BCUT2D eigenvalue weighted by molar-refractivity contribution is 8.14. The molecule has 1 aliphatic heterocycles. The van der Waals surface area contributed by atoms with Crippen molar-refractivity contribution in [2.45, 2.75) is 32.4 Å². The van der Waals surface area contributed by atoms with Crippen LogP contribution in [0.3, 0.4) is 0 Å². The summed E-state index contributed by atoms with van der Waals surface area (Å²) < 4.78 is 0. The van der Waals surface area contributed by atoms with Crippen LogP contribution in [0.4, 0.5) is 0 Å². The van der Waals surface area contributed by atoms with Crippen molar-refractivity contribution in [2.24, 2.45) is 4.99 Å². The lowest BCUT2D eigenvalue weighted by Crippen LogP contribution is -2.33. The first-order valence-corrected chi connectivity index (χ1v) is 10.3. The summed E-state index contributed by atoms with van der Waals surface area (Å²) in [5, 5.41) is 2.53. The van der Waals surface area contributed by atoms with Crippen LogP contribution in [0, 0.1) is 0 Å². The Balaban J connectivity index is 1.70. The zero-order valence-corrected chi connectivity index (χ0v) is 16.6. The first-order chi connectivity index (χ1) is 12.2. The lowest BCUT2D eigenvalue weighted by Gasteiger charge is -2.25. The number of hydrogen-bond acceptors (Lipinski definition) is 2. The van der Waals surface area contributed by atoms with Gasteiger partial charge in [-0.1, -0.05) is 78.3 Å². The average molecular weight is 393 g/mol. The molecule has 0 spiro atoms. The fourth-order valence-corrected chi connectivity index (χ4v) is 4.72. The number of benzene rings is 2. The van der Waals surface area contributed by atoms with E-state index in [9.17, 15) is 0 Å². The van der Waals surface area contributed by atoms with E-state index in [1.165, 1.54) is 5.56 Å². The van der Waals surface area contributed by atoms with E-state index in [0.29, 0.717) is 11.1 Å². The first kappa shape index (κ1) is 18.6. The van der Waals surface area contributed by atoms with Gasteiger partial charge in [0, 0.05) is 34.9 Å². The number of nitrogens with zero attached hydrogens (tertiary/aromatic N) is 2. The molecule has 1 atom stereocenters. The summed E-state index contributed by atoms with van der Waals surface area (Å²) in [5.41, 5.74) is 2.43. The second kappa shape index (κ2) is 8.98. The number of aliphatic imine (C=N–C) groups is 1. The third-order valence-electron chi connectivity index (χ3n) is 4.41. The Bertz CT molecular complexity index is 734. The maximum atomic E-state index is 6.37. The molecule has 0 bridgehead atoms. The number of rotatable bonds is 6. The number of amidine groups is 1. The molecular weight excluding hydrogens is 371 g/mol. The van der Waals surface area contributed by atoms with Crippen molar-refractivity contribution in [3.63, 3.8) is 0 Å². The van der Waals surface area contributed by atoms with Crippen LogP contribution in [-0.2, 0) is 13.0 Å². The van der Waals surface area contributed by atoms with Gasteiger partial charge in [-0.05, 0) is 36.1 Å². The topological polar surface area (TPSA) is 15.6 Å². The molecule has 3 rings (SSSR count). The quantitative estimate of drug-likeness (QED) is 0.605. The Kier molecular flexibility index (Phi) is 6.69. The molecule has 25 heavy (non-hydrogen) atoms. The minimum absolute atomic E-state index is 0.507. The van der Waals surface area contributed by atoms with Gasteiger partial charge in [-0.25, -0.2) is 0 Å². The van der Waals surface area contributed by atoms with Crippen molar-refractivity contribution in [1.82, 2.24) is 4.90 Å². The minimum atomic E-state index is 0.507. The van der Waals surface area contributed by atoms with E-state index in [4.69, 9.17) is 28.2 Å². The molecule has 2 aromatic rings. The second-order valence-electron chi connectivity index (χ2n) is 6.14. The molecule has 0 unspecified atom stereocenters. The predicted octanol–water partition coefficient (Wildman–Crippen LogP) is 5.92. The first-order valence-electron chi connectivity index (χ1n) is 8.59. The molecule has 2 aromatic carbocycles. The van der Waals surface area contributed by atoms with Gasteiger partial charge >= 0.3 is 0 Å². The Hall–Kier alpha value is -1.16. The van der Waals surface area contributed by atoms with Gasteiger partial charge in [0.25, 0.3) is 0 Å². The van der Waals surface area contributed by atoms with Crippen molar-refractivity contribution < 1.29 is 0 Å². The molecule has 0 saturated carbocycles. The van der Waals surface area contributed by atoms with Crippen molar-refractivity contribution in [3.8, 4) is 0 Å². The van der Waals surface area contributed by atoms with Crippen LogP contribution in [0.1, 0.15) is 24.5 Å². The molecule has 1 saturated heterocycles. The standard InChI is InChI=1S/C20H22Cl2N2S/c1-2-18-14-25-20(23-11-10-15-6-4-3-5-7-15)24(18)13-16-8-9-17(21)12-19(16)22/h3-9,12,18H,2,10-11,13-14H2,1H3/t18-/m0/s1. The third-order valence-corrected chi connectivity index (χ3v) is 6.17. The summed E-state index contributed by atoms with van der Waals surface area (Å²) in [7, 11) is 0. The highest BCUT2D eigenvalue weighted by atomic mass is 35.5. The molecule has 0 aliphatic carbocycles. The Labute approximate surface area is 164 Å². The van der Waals surface area contributed by atoms with E-state index in [0.717, 1.165) is 47.4 Å². The number of hydrogen-bond donors (Lipinski definition) is 0. The summed E-state index contributed by atoms with van der Waals surface area (Å²) in [6.45, 7) is 3.83. The summed E-state index contributed by atoms with van der Waals surface area (Å²) in [6.07, 6.45) is 2.08. The molecule has 0 radical (unpaired) electrons. The average Bonchev–Trinajstić information content (AvgIpc) is 3.00. The summed E-state index contributed by atoms with van der Waals surface area (Å²) in [5.74, 6) is 1.09. The van der Waals surface area contributed by atoms with E-state index in [-0.39, 0.29) is 0 Å². The zero-order chi connectivity index (χ0) is 17.6. The monoisotopic (exact) mass is 392 g/mol. The summed E-state index contributed by atoms with van der Waals surface area (Å²) in [4.78, 5) is 7.27. The molecule has 1 aliphatic rings. The summed E-state index contributed by atoms with van der Waals surface area (Å²) in [6, 6.07) is 16.8. The molecule has 2 nitrogen and oxygen atoms in total. The number of thioether (sulfide) groups is 1. The van der Waals surface area contributed by atoms with Crippen LogP contribution in [-0.4, -0.2) is 28.4 Å². The lowest BCUT2D eigenvalue weighted by molar-refractivity contribution is 0.334. The molecule has 0 aromatic heterocycles. The molecular formula is C20H22Cl2N2S. The Morgan fingerprint density at radius 1 is 1.16 bits per heavy atom. The van der Waals surface area contributed by atoms with Crippen LogP contribution in [0.25, 0.3) is 0 Å². The van der Waals surface area contributed by atoms with Gasteiger partial charge in [0.15, 0.2) is 5.17 Å². The van der Waals surface area contributed by atoms with Crippen molar-refractivity contribution in [2.75, 3.05) is 12.3 Å². The van der Waals surface area contributed by atoms with Gasteiger partial charge < -0.3 is 4.90 Å². The van der Waals surface area contributed by atoms with E-state index in [1.807, 2.05) is 36.0 Å². The normalized spacial score (nSPS) is 18.9. The van der Waals surface area contributed by atoms with Crippen LogP contribution >= 0.6 is 35.0 Å². The van der Waals surface area contributed by atoms with E-state index >= 15 is 0 Å². The zero-order valence-electron chi connectivity index (χ0n) is 14.3. The minimum Gasteiger partial charge on any atom is -0.343 e. The van der Waals surface area contributed by atoms with Gasteiger partial charge in [-0.2, -0.15) is 0 Å². The maximum Gasteiger partial charge on any atom is 0.159 e. The van der Waals surface area contributed by atoms with E-state index in [1.54, 1.807) is 0 Å². The molecule has 1 fully saturated rings. The highest BCUT2D eigenvalue weighted by Crippen LogP contribution is 2.30. The van der Waals surface area contributed by atoms with Crippen molar-refractivity contribution in [3.05, 3.63) is 69.7 Å². The van der Waals surface area contributed by atoms with Crippen LogP contribution in [0.2, 0.25) is 10.0 Å². The SMILES string of the molecule is CC[C@H]1CSC(=NCCc2ccccc2)N1Cc1ccc(Cl)cc1Cl. The predicted molar refractivity (Wildman–Crippen MR) is 111 cm³/mol. The van der Waals surface area contributed by atoms with Gasteiger partial charge in [-0.15, -0.1) is 0 Å². The molecule has 0 amide bonds. The van der Waals surface area contributed by atoms with Crippen LogP contribution in [0.15, 0.2) is 53.5 Å². The van der Waals surface area contributed by atoms with Crippen molar-refractivity contribution in [1.29, 1.82) is 0 Å². The smallest absolute Gasteiger partial charge is 0.159 e. The van der Waals surface area contributed by atoms with Crippen LogP contribution < -0.4 is 0 Å². The van der Waals surface area contributed by atoms with Crippen LogP contribution in [0.5, 0.6) is 0 Å². The lowest BCUT2D eigenvalue weighted by atomic mass is 10.1. The molecule has 132 valence electrons. The Morgan fingerprint density at radius 3 is 2.68 bits per heavy atom. The van der Waals surface area contributed by atoms with Gasteiger partial charge in [0.1, 0.15) is 0 Å². The molecule has 1 heterocycles. The van der Waals surface area contributed by atoms with Gasteiger partial charge in [0.05, 0.1) is 0 Å². The number of halogens is 2. The second-order valence-corrected chi connectivity index (χ2v) is 7.97. The fraction of sp³-hybridized carbons (Fsp3) is 0.350. The maximum absolute atomic E-state index is 6.37. The van der Waals surface area contributed by atoms with Gasteiger partial charge in [-0.3, -0.25) is 4.99 Å². The molecule has 5 heteroatoms. The van der Waals surface area contributed by atoms with Gasteiger partial charge in [0.2, 0.25) is 0 Å². The fourth-order valence-electron chi connectivity index (χ4n) is 2.93. The van der Waals surface area contributed by atoms with Crippen molar-refractivity contribution >= 4 is 40.1 Å². The highest BCUT2D eigenvalue weighted by Gasteiger charge is 2.29.